The van der Waals surface area contributed by atoms with E-state index in [0.29, 0.717) is 0 Å². The number of nitrogens with one attached hydrogen (secondary N) is 1. The molecular weight excluding hydrogens is 260 g/mol. The van der Waals surface area contributed by atoms with Crippen LogP contribution in [0.25, 0.3) is 0 Å². The topological polar surface area (TPSA) is 33.6 Å². The lowest BCUT2D eigenvalue weighted by molar-refractivity contribution is 0.407. The van der Waals surface area contributed by atoms with Gasteiger partial charge in [-0.3, -0.25) is 0 Å². The zero-order valence-electron chi connectivity index (χ0n) is 13.4. The SMILES string of the molecule is CC.CCCC1=Nc2ccccc2OC2=C1CCCNC2. The van der Waals surface area contributed by atoms with Crippen LogP contribution in [-0.2, 0) is 0 Å². The lowest BCUT2D eigenvalue weighted by Crippen LogP contribution is -2.19. The van der Waals surface area contributed by atoms with Crippen LogP contribution in [0, 0.1) is 0 Å². The molecule has 2 heterocycles. The summed E-state index contributed by atoms with van der Waals surface area (Å²) in [6, 6.07) is 8.06. The second-order valence-corrected chi connectivity index (χ2v) is 5.06. The fourth-order valence-corrected chi connectivity index (χ4v) is 2.67. The Bertz CT molecular complexity index is 532. The van der Waals surface area contributed by atoms with Crippen molar-refractivity contribution in [3.05, 3.63) is 35.6 Å². The summed E-state index contributed by atoms with van der Waals surface area (Å²) in [6.07, 6.45) is 4.36. The highest BCUT2D eigenvalue weighted by molar-refractivity contribution is 6.03. The molecule has 0 aliphatic carbocycles. The summed E-state index contributed by atoms with van der Waals surface area (Å²) in [5.74, 6) is 1.94. The molecular formula is C18H26N2O. The summed E-state index contributed by atoms with van der Waals surface area (Å²) in [4.78, 5) is 4.86. The highest BCUT2D eigenvalue weighted by Crippen LogP contribution is 2.34. The van der Waals surface area contributed by atoms with E-state index in [1.54, 1.807) is 0 Å². The van der Waals surface area contributed by atoms with Gasteiger partial charge < -0.3 is 10.1 Å². The van der Waals surface area contributed by atoms with Crippen LogP contribution in [0.1, 0.15) is 46.5 Å². The monoisotopic (exact) mass is 286 g/mol. The molecule has 2 aliphatic rings. The van der Waals surface area contributed by atoms with Crippen molar-refractivity contribution in [1.29, 1.82) is 0 Å². The molecule has 0 bridgehead atoms. The number of nitrogens with zero attached hydrogens (tertiary/aromatic N) is 1. The molecule has 1 aromatic carbocycles. The van der Waals surface area contributed by atoms with Crippen LogP contribution >= 0.6 is 0 Å². The van der Waals surface area contributed by atoms with Gasteiger partial charge >= 0.3 is 0 Å². The first-order chi connectivity index (χ1) is 10.4. The second-order valence-electron chi connectivity index (χ2n) is 5.06. The van der Waals surface area contributed by atoms with Crippen LogP contribution in [-0.4, -0.2) is 18.8 Å². The Balaban J connectivity index is 0.000000774. The predicted octanol–water partition coefficient (Wildman–Crippen LogP) is 4.62. The molecule has 2 aliphatic heterocycles. The molecule has 0 atom stereocenters. The maximum absolute atomic E-state index is 6.12. The number of aliphatic imine (C=N–C) groups is 1. The number of hydrogen-bond acceptors (Lipinski definition) is 3. The van der Waals surface area contributed by atoms with Crippen molar-refractivity contribution in [3.8, 4) is 5.75 Å². The van der Waals surface area contributed by atoms with E-state index in [1.165, 1.54) is 11.3 Å². The lowest BCUT2D eigenvalue weighted by Gasteiger charge is -2.12. The number of para-hydroxylation sites is 2. The average Bonchev–Trinajstić information content (AvgIpc) is 2.83. The number of hydrogen-bond donors (Lipinski definition) is 1. The van der Waals surface area contributed by atoms with Gasteiger partial charge in [0.25, 0.3) is 0 Å². The molecule has 0 saturated carbocycles. The zero-order chi connectivity index (χ0) is 15.1. The quantitative estimate of drug-likeness (QED) is 0.861. The molecule has 0 radical (unpaired) electrons. The van der Waals surface area contributed by atoms with E-state index in [9.17, 15) is 0 Å². The zero-order valence-corrected chi connectivity index (χ0v) is 13.4. The van der Waals surface area contributed by atoms with Gasteiger partial charge in [-0.2, -0.15) is 0 Å². The highest BCUT2D eigenvalue weighted by atomic mass is 16.5. The molecule has 21 heavy (non-hydrogen) atoms. The first-order valence-corrected chi connectivity index (χ1v) is 8.16. The minimum absolute atomic E-state index is 0.812. The molecule has 0 unspecified atom stereocenters. The third kappa shape index (κ3) is 3.73. The van der Waals surface area contributed by atoms with Crippen molar-refractivity contribution in [2.24, 2.45) is 4.99 Å². The van der Waals surface area contributed by atoms with Gasteiger partial charge in [-0.05, 0) is 37.9 Å². The van der Waals surface area contributed by atoms with Crippen molar-refractivity contribution in [1.82, 2.24) is 5.32 Å². The summed E-state index contributed by atoms with van der Waals surface area (Å²) < 4.78 is 6.12. The van der Waals surface area contributed by atoms with Gasteiger partial charge in [0.15, 0.2) is 5.75 Å². The van der Waals surface area contributed by atoms with E-state index in [2.05, 4.69) is 12.2 Å². The molecule has 3 heteroatoms. The van der Waals surface area contributed by atoms with E-state index in [4.69, 9.17) is 9.73 Å². The Morgan fingerprint density at radius 2 is 2.05 bits per heavy atom. The molecule has 0 fully saturated rings. The third-order valence-electron chi connectivity index (χ3n) is 3.59. The Morgan fingerprint density at radius 3 is 2.86 bits per heavy atom. The minimum Gasteiger partial charge on any atom is -0.458 e. The van der Waals surface area contributed by atoms with Crippen LogP contribution < -0.4 is 10.1 Å². The first kappa shape index (κ1) is 15.8. The molecule has 114 valence electrons. The fraction of sp³-hybridized carbons (Fsp3) is 0.500. The average molecular weight is 286 g/mol. The third-order valence-corrected chi connectivity index (χ3v) is 3.59. The Hall–Kier alpha value is -1.61. The van der Waals surface area contributed by atoms with Crippen LogP contribution in [0.15, 0.2) is 40.6 Å². The minimum atomic E-state index is 0.812. The van der Waals surface area contributed by atoms with Gasteiger partial charge in [0.1, 0.15) is 11.4 Å². The summed E-state index contributed by atoms with van der Waals surface area (Å²) in [7, 11) is 0. The summed E-state index contributed by atoms with van der Waals surface area (Å²) in [5.41, 5.74) is 3.49. The predicted molar refractivity (Wildman–Crippen MR) is 89.6 cm³/mol. The molecule has 3 nitrogen and oxygen atoms in total. The van der Waals surface area contributed by atoms with Crippen LogP contribution in [0.2, 0.25) is 0 Å². The molecule has 1 aromatic rings. The van der Waals surface area contributed by atoms with E-state index in [1.807, 2.05) is 38.1 Å². The van der Waals surface area contributed by atoms with Gasteiger partial charge in [0.05, 0.1) is 6.54 Å². The Labute approximate surface area is 128 Å². The van der Waals surface area contributed by atoms with Gasteiger partial charge in [0.2, 0.25) is 0 Å². The molecule has 0 amide bonds. The second kappa shape index (κ2) is 7.99. The largest absolute Gasteiger partial charge is 0.458 e. The van der Waals surface area contributed by atoms with Gasteiger partial charge in [0, 0.05) is 11.3 Å². The van der Waals surface area contributed by atoms with Gasteiger partial charge in [-0.15, -0.1) is 0 Å². The maximum atomic E-state index is 6.12. The Kier molecular flexibility index (Phi) is 6.00. The highest BCUT2D eigenvalue weighted by Gasteiger charge is 2.21. The van der Waals surface area contributed by atoms with E-state index in [0.717, 1.165) is 56.0 Å². The van der Waals surface area contributed by atoms with E-state index >= 15 is 0 Å². The van der Waals surface area contributed by atoms with Crippen molar-refractivity contribution in [2.75, 3.05) is 13.1 Å². The first-order valence-electron chi connectivity index (χ1n) is 8.16. The summed E-state index contributed by atoms with van der Waals surface area (Å²) in [5, 5.41) is 3.43. The maximum Gasteiger partial charge on any atom is 0.152 e. The molecule has 0 spiro atoms. The lowest BCUT2D eigenvalue weighted by atomic mass is 10.0. The van der Waals surface area contributed by atoms with Crippen molar-refractivity contribution in [3.63, 3.8) is 0 Å². The fourth-order valence-electron chi connectivity index (χ4n) is 2.67. The van der Waals surface area contributed by atoms with Crippen LogP contribution in [0.5, 0.6) is 5.75 Å². The van der Waals surface area contributed by atoms with Crippen molar-refractivity contribution < 1.29 is 4.74 Å². The Morgan fingerprint density at radius 1 is 1.24 bits per heavy atom. The number of fused-ring (bicyclic) bond motifs is 1. The molecule has 1 N–H and O–H groups in total. The number of benzene rings is 1. The number of rotatable bonds is 2. The van der Waals surface area contributed by atoms with Gasteiger partial charge in [-0.25, -0.2) is 4.99 Å². The molecule has 0 saturated heterocycles. The molecule has 0 aromatic heterocycles. The summed E-state index contributed by atoms with van der Waals surface area (Å²) >= 11 is 0. The van der Waals surface area contributed by atoms with Crippen LogP contribution in [0.4, 0.5) is 5.69 Å². The van der Waals surface area contributed by atoms with Gasteiger partial charge in [-0.1, -0.05) is 39.3 Å². The smallest absolute Gasteiger partial charge is 0.152 e. The van der Waals surface area contributed by atoms with Crippen molar-refractivity contribution in [2.45, 2.75) is 46.5 Å². The number of allylic oxidation sites excluding steroid dienone is 1. The molecule has 3 rings (SSSR count). The van der Waals surface area contributed by atoms with Crippen molar-refractivity contribution >= 4 is 11.4 Å². The van der Waals surface area contributed by atoms with E-state index < -0.39 is 0 Å². The standard InChI is InChI=1S/C16H20N2O.C2H6/c1-2-6-13-12-7-5-10-17-11-16(12)19-15-9-4-3-8-14(15)18-13;1-2/h3-4,8-9,17H,2,5-7,10-11H2,1H3;1-2H3. The van der Waals surface area contributed by atoms with Crippen LogP contribution in [0.3, 0.4) is 0 Å². The van der Waals surface area contributed by atoms with E-state index in [-0.39, 0.29) is 0 Å². The number of ether oxygens (including phenoxy) is 1. The summed E-state index contributed by atoms with van der Waals surface area (Å²) in [6.45, 7) is 8.07. The normalized spacial score (nSPS) is 17.2.